The second-order valence-corrected chi connectivity index (χ2v) is 8.52. The van der Waals surface area contributed by atoms with Gasteiger partial charge in [-0.3, -0.25) is 4.79 Å². The van der Waals surface area contributed by atoms with Crippen LogP contribution in [0.5, 0.6) is 0 Å². The van der Waals surface area contributed by atoms with Crippen LogP contribution in [0.15, 0.2) is 0 Å². The normalized spacial score (nSPS) is 34.0. The van der Waals surface area contributed by atoms with Crippen LogP contribution in [-0.4, -0.2) is 64.0 Å². The number of nitrogens with zero attached hydrogens (tertiary/aromatic N) is 1. The van der Waals surface area contributed by atoms with Crippen LogP contribution in [0.3, 0.4) is 0 Å². The van der Waals surface area contributed by atoms with Crippen molar-refractivity contribution in [2.45, 2.75) is 75.7 Å². The molecule has 1 saturated carbocycles. The van der Waals surface area contributed by atoms with Crippen LogP contribution in [-0.2, 0) is 14.3 Å². The number of rotatable bonds is 2. The van der Waals surface area contributed by atoms with Crippen LogP contribution in [0.2, 0.25) is 0 Å². The maximum absolute atomic E-state index is 12.2. The summed E-state index contributed by atoms with van der Waals surface area (Å²) < 4.78 is 11.7. The first-order chi connectivity index (χ1) is 11.0. The molecule has 7 nitrogen and oxygen atoms in total. The van der Waals surface area contributed by atoms with E-state index in [0.717, 1.165) is 0 Å². The Morgan fingerprint density at radius 2 is 1.83 bits per heavy atom. The SMILES string of the molecule is CC(=O)NC12CC(CO)(C1)OC21CCN(C(=O)OC(C)(C)C)CC1. The molecule has 0 atom stereocenters. The third-order valence-electron chi connectivity index (χ3n) is 5.46. The fourth-order valence-electron chi connectivity index (χ4n) is 4.60. The third-order valence-corrected chi connectivity index (χ3v) is 5.46. The van der Waals surface area contributed by atoms with Crippen molar-refractivity contribution >= 4 is 12.0 Å². The Labute approximate surface area is 142 Å². The number of piperidine rings is 1. The van der Waals surface area contributed by atoms with Crippen LogP contribution < -0.4 is 5.32 Å². The Morgan fingerprint density at radius 3 is 2.29 bits per heavy atom. The zero-order chi connectivity index (χ0) is 17.8. The topological polar surface area (TPSA) is 88.1 Å². The van der Waals surface area contributed by atoms with Gasteiger partial charge in [-0.2, -0.15) is 0 Å². The number of nitrogens with one attached hydrogen (secondary N) is 1. The van der Waals surface area contributed by atoms with Gasteiger partial charge < -0.3 is 24.8 Å². The number of carbonyl (C=O) groups is 2. The number of amides is 2. The highest BCUT2D eigenvalue weighted by atomic mass is 16.6. The quantitative estimate of drug-likeness (QED) is 0.788. The van der Waals surface area contributed by atoms with Crippen molar-refractivity contribution in [1.29, 1.82) is 0 Å². The van der Waals surface area contributed by atoms with Gasteiger partial charge in [-0.25, -0.2) is 4.79 Å². The van der Waals surface area contributed by atoms with Crippen molar-refractivity contribution in [3.8, 4) is 0 Å². The van der Waals surface area contributed by atoms with Crippen LogP contribution >= 0.6 is 0 Å². The van der Waals surface area contributed by atoms with E-state index in [-0.39, 0.29) is 18.6 Å². The van der Waals surface area contributed by atoms with Crippen molar-refractivity contribution in [2.75, 3.05) is 19.7 Å². The van der Waals surface area contributed by atoms with Crippen molar-refractivity contribution < 1.29 is 24.2 Å². The van der Waals surface area contributed by atoms with E-state index < -0.39 is 22.3 Å². The van der Waals surface area contributed by atoms with Crippen molar-refractivity contribution in [3.05, 3.63) is 0 Å². The standard InChI is InChI=1S/C17H28N2O5/c1-12(21)18-16-9-15(10-16,11-20)24-17(16)5-7-19(8-6-17)13(22)23-14(2,3)4/h20H,5-11H2,1-4H3,(H,18,21). The summed E-state index contributed by atoms with van der Waals surface area (Å²) in [6, 6.07) is 0. The minimum Gasteiger partial charge on any atom is -0.444 e. The molecule has 4 aliphatic rings. The first-order valence-electron chi connectivity index (χ1n) is 8.62. The van der Waals surface area contributed by atoms with Gasteiger partial charge in [0.25, 0.3) is 0 Å². The van der Waals surface area contributed by atoms with Crippen molar-refractivity contribution in [3.63, 3.8) is 0 Å². The smallest absolute Gasteiger partial charge is 0.410 e. The number of hydrogen-bond donors (Lipinski definition) is 2. The second-order valence-electron chi connectivity index (χ2n) is 8.52. The van der Waals surface area contributed by atoms with Gasteiger partial charge in [0.1, 0.15) is 5.60 Å². The summed E-state index contributed by atoms with van der Waals surface area (Å²) in [4.78, 5) is 25.6. The maximum Gasteiger partial charge on any atom is 0.410 e. The molecule has 0 radical (unpaired) electrons. The highest BCUT2D eigenvalue weighted by Gasteiger charge is 2.75. The van der Waals surface area contributed by atoms with E-state index in [1.165, 1.54) is 6.92 Å². The summed E-state index contributed by atoms with van der Waals surface area (Å²) in [5.41, 5.74) is -1.96. The van der Waals surface area contributed by atoms with E-state index in [9.17, 15) is 14.7 Å². The molecule has 2 amide bonds. The van der Waals surface area contributed by atoms with Crippen LogP contribution in [0.4, 0.5) is 4.79 Å². The molecule has 1 aliphatic carbocycles. The molecule has 3 saturated heterocycles. The predicted molar refractivity (Wildman–Crippen MR) is 86.5 cm³/mol. The molecule has 4 rings (SSSR count). The number of hydrogen-bond acceptors (Lipinski definition) is 5. The molecule has 3 heterocycles. The molecule has 2 bridgehead atoms. The predicted octanol–water partition coefficient (Wildman–Crippen LogP) is 1.19. The minimum atomic E-state index is -0.531. The fourth-order valence-corrected chi connectivity index (χ4v) is 4.60. The number of likely N-dealkylation sites (tertiary alicyclic amines) is 1. The molecule has 1 spiro atoms. The zero-order valence-electron chi connectivity index (χ0n) is 15.0. The Balaban J connectivity index is 1.70. The van der Waals surface area contributed by atoms with Crippen molar-refractivity contribution in [2.24, 2.45) is 0 Å². The Morgan fingerprint density at radius 1 is 1.25 bits per heavy atom. The summed E-state index contributed by atoms with van der Waals surface area (Å²) in [7, 11) is 0. The molecule has 0 aromatic heterocycles. The molecule has 24 heavy (non-hydrogen) atoms. The van der Waals surface area contributed by atoms with E-state index in [2.05, 4.69) is 5.32 Å². The van der Waals surface area contributed by atoms with Gasteiger partial charge in [0.15, 0.2) is 0 Å². The molecule has 0 aromatic rings. The highest BCUT2D eigenvalue weighted by molar-refractivity contribution is 5.75. The Hall–Kier alpha value is -1.34. The Bertz CT molecular complexity index is 540. The van der Waals surface area contributed by atoms with E-state index >= 15 is 0 Å². The summed E-state index contributed by atoms with van der Waals surface area (Å²) in [6.07, 6.45) is 2.24. The van der Waals surface area contributed by atoms with Gasteiger partial charge in [0.05, 0.1) is 23.3 Å². The first kappa shape index (κ1) is 17.5. The second kappa shape index (κ2) is 5.33. The number of ether oxygens (including phenoxy) is 2. The zero-order valence-corrected chi connectivity index (χ0v) is 15.0. The van der Waals surface area contributed by atoms with E-state index in [1.54, 1.807) is 4.90 Å². The highest BCUT2D eigenvalue weighted by Crippen LogP contribution is 2.63. The van der Waals surface area contributed by atoms with E-state index in [0.29, 0.717) is 38.8 Å². The van der Waals surface area contributed by atoms with E-state index in [1.807, 2.05) is 20.8 Å². The molecule has 136 valence electrons. The van der Waals surface area contributed by atoms with Crippen LogP contribution in [0, 0.1) is 0 Å². The average Bonchev–Trinajstić information content (AvgIpc) is 2.80. The molecular weight excluding hydrogens is 312 g/mol. The van der Waals surface area contributed by atoms with Gasteiger partial charge in [-0.1, -0.05) is 0 Å². The summed E-state index contributed by atoms with van der Waals surface area (Å²) in [5, 5.41) is 12.7. The van der Waals surface area contributed by atoms with Gasteiger partial charge in [0.2, 0.25) is 5.91 Å². The summed E-state index contributed by atoms with van der Waals surface area (Å²) in [5.74, 6) is -0.0824. The number of aliphatic hydroxyl groups is 1. The molecule has 4 fully saturated rings. The number of carbonyl (C=O) groups excluding carboxylic acids is 2. The number of aliphatic hydroxyl groups excluding tert-OH is 1. The lowest BCUT2D eigenvalue weighted by molar-refractivity contribution is -0.124. The lowest BCUT2D eigenvalue weighted by atomic mass is 9.60. The summed E-state index contributed by atoms with van der Waals surface area (Å²) >= 11 is 0. The van der Waals surface area contributed by atoms with E-state index in [4.69, 9.17) is 9.47 Å². The van der Waals surface area contributed by atoms with Gasteiger partial charge >= 0.3 is 6.09 Å². The molecule has 0 aromatic carbocycles. The van der Waals surface area contributed by atoms with Crippen LogP contribution in [0.25, 0.3) is 0 Å². The fraction of sp³-hybridized carbons (Fsp3) is 0.882. The monoisotopic (exact) mass is 340 g/mol. The van der Waals surface area contributed by atoms with Gasteiger partial charge in [0, 0.05) is 32.9 Å². The Kier molecular flexibility index (Phi) is 3.88. The first-order valence-corrected chi connectivity index (χ1v) is 8.62. The molecule has 7 heteroatoms. The molecule has 0 unspecified atom stereocenters. The minimum absolute atomic E-state index is 0.0358. The summed E-state index contributed by atoms with van der Waals surface area (Å²) in [6.45, 7) is 8.07. The molecule has 2 N–H and O–H groups in total. The molecular formula is C17H28N2O5. The largest absolute Gasteiger partial charge is 0.444 e. The van der Waals surface area contributed by atoms with Crippen LogP contribution in [0.1, 0.15) is 53.4 Å². The third kappa shape index (κ3) is 2.67. The average molecular weight is 340 g/mol. The lowest BCUT2D eigenvalue weighted by Gasteiger charge is -2.50. The van der Waals surface area contributed by atoms with Gasteiger partial charge in [-0.05, 0) is 33.6 Å². The van der Waals surface area contributed by atoms with Crippen molar-refractivity contribution in [1.82, 2.24) is 10.2 Å². The molecule has 3 aliphatic heterocycles. The maximum atomic E-state index is 12.2. The lowest BCUT2D eigenvalue weighted by Crippen LogP contribution is -2.68. The van der Waals surface area contributed by atoms with Gasteiger partial charge in [-0.15, -0.1) is 0 Å².